The van der Waals surface area contributed by atoms with E-state index in [1.54, 1.807) is 13.0 Å². The van der Waals surface area contributed by atoms with Gasteiger partial charge in [0.1, 0.15) is 24.2 Å². The molecule has 33 heavy (non-hydrogen) atoms. The molecule has 0 bridgehead atoms. The smallest absolute Gasteiger partial charge is 0.304 e. The molecule has 2 rings (SSSR count). The lowest BCUT2D eigenvalue weighted by Crippen LogP contribution is -2.52. The molecule has 0 aliphatic heterocycles. The van der Waals surface area contributed by atoms with Crippen molar-refractivity contribution in [3.05, 3.63) is 65.7 Å². The largest absolute Gasteiger partial charge is 0.355 e. The molecule has 0 aromatic heterocycles. The highest BCUT2D eigenvalue weighted by molar-refractivity contribution is 7.90. The Balaban J connectivity index is 2.45. The maximum atomic E-state index is 14.3. The van der Waals surface area contributed by atoms with Gasteiger partial charge in [-0.05, 0) is 44.2 Å². The third kappa shape index (κ3) is 6.48. The van der Waals surface area contributed by atoms with E-state index >= 15 is 0 Å². The highest BCUT2D eigenvalue weighted by Gasteiger charge is 2.32. The van der Waals surface area contributed by atoms with Crippen LogP contribution in [-0.4, -0.2) is 62.7 Å². The second kappa shape index (κ2) is 11.2. The number of hydrogen-bond donors (Lipinski definition) is 1. The molecule has 2 aromatic rings. The maximum Gasteiger partial charge on any atom is 0.304 e. The number of likely N-dealkylation sites (N-methyl/N-ethyl adjacent to an activating group) is 1. The van der Waals surface area contributed by atoms with E-state index in [1.165, 1.54) is 51.4 Å². The number of amides is 2. The van der Waals surface area contributed by atoms with Crippen LogP contribution in [0, 0.1) is 11.6 Å². The van der Waals surface area contributed by atoms with Gasteiger partial charge in [-0.25, -0.2) is 13.1 Å². The monoisotopic (exact) mass is 482 g/mol. The van der Waals surface area contributed by atoms with Gasteiger partial charge in [0.2, 0.25) is 11.8 Å². The molecule has 1 atom stereocenters. The fourth-order valence-electron chi connectivity index (χ4n) is 3.04. The summed E-state index contributed by atoms with van der Waals surface area (Å²) in [6, 6.07) is 9.42. The zero-order valence-corrected chi connectivity index (χ0v) is 19.8. The van der Waals surface area contributed by atoms with Gasteiger partial charge in [0.25, 0.3) is 0 Å². The minimum absolute atomic E-state index is 0.0648. The zero-order valence-electron chi connectivity index (χ0n) is 19.0. The van der Waals surface area contributed by atoms with Crippen LogP contribution in [0.15, 0.2) is 48.5 Å². The van der Waals surface area contributed by atoms with E-state index in [1.807, 2.05) is 0 Å². The number of nitrogens with zero attached hydrogens (tertiary/aromatic N) is 3. The summed E-state index contributed by atoms with van der Waals surface area (Å²) >= 11 is 0. The Bertz CT molecular complexity index is 1080. The van der Waals surface area contributed by atoms with E-state index < -0.39 is 46.2 Å². The standard InChI is InChI=1S/C22H28F2N4O4S/c1-5-25-22(30)16(2)27(14-17-8-6-7-9-20(17)24)21(29)15-28(33(31,32)26(3)4)19-12-10-18(23)11-13-19/h6-13,16H,5,14-15H2,1-4H3,(H,25,30). The Morgan fingerprint density at radius 2 is 1.64 bits per heavy atom. The average Bonchev–Trinajstić information content (AvgIpc) is 2.77. The topological polar surface area (TPSA) is 90.0 Å². The molecule has 0 saturated carbocycles. The van der Waals surface area contributed by atoms with Gasteiger partial charge in [-0.1, -0.05) is 18.2 Å². The minimum atomic E-state index is -4.15. The van der Waals surface area contributed by atoms with Gasteiger partial charge in [0.15, 0.2) is 0 Å². The van der Waals surface area contributed by atoms with Crippen molar-refractivity contribution in [1.82, 2.24) is 14.5 Å². The van der Waals surface area contributed by atoms with Crippen LogP contribution in [0.3, 0.4) is 0 Å². The average molecular weight is 483 g/mol. The van der Waals surface area contributed by atoms with Crippen molar-refractivity contribution in [3.8, 4) is 0 Å². The molecule has 1 N–H and O–H groups in total. The molecule has 0 aliphatic carbocycles. The number of halogens is 2. The van der Waals surface area contributed by atoms with Crippen molar-refractivity contribution >= 4 is 27.7 Å². The van der Waals surface area contributed by atoms with Gasteiger partial charge in [0.05, 0.1) is 5.69 Å². The van der Waals surface area contributed by atoms with Crippen LogP contribution in [0.4, 0.5) is 14.5 Å². The van der Waals surface area contributed by atoms with Gasteiger partial charge in [-0.3, -0.25) is 9.59 Å². The van der Waals surface area contributed by atoms with Crippen LogP contribution in [0.1, 0.15) is 19.4 Å². The molecule has 0 aliphatic rings. The number of carbonyl (C=O) groups excluding carboxylic acids is 2. The van der Waals surface area contributed by atoms with Crippen molar-refractivity contribution in [3.63, 3.8) is 0 Å². The first-order valence-electron chi connectivity index (χ1n) is 10.2. The van der Waals surface area contributed by atoms with Crippen molar-refractivity contribution in [1.29, 1.82) is 0 Å². The van der Waals surface area contributed by atoms with Gasteiger partial charge in [0, 0.05) is 32.7 Å². The number of nitrogens with one attached hydrogen (secondary N) is 1. The molecule has 1 unspecified atom stereocenters. The first-order valence-corrected chi connectivity index (χ1v) is 11.6. The summed E-state index contributed by atoms with van der Waals surface area (Å²) in [6.45, 7) is 2.59. The van der Waals surface area contributed by atoms with Crippen LogP contribution >= 0.6 is 0 Å². The summed E-state index contributed by atoms with van der Waals surface area (Å²) < 4.78 is 55.3. The van der Waals surface area contributed by atoms with Crippen molar-refractivity contribution in [2.24, 2.45) is 0 Å². The molecule has 8 nitrogen and oxygen atoms in total. The summed E-state index contributed by atoms with van der Waals surface area (Å²) in [4.78, 5) is 27.0. The summed E-state index contributed by atoms with van der Waals surface area (Å²) in [6.07, 6.45) is 0. The molecule has 0 heterocycles. The molecule has 180 valence electrons. The molecule has 11 heteroatoms. The van der Waals surface area contributed by atoms with E-state index in [4.69, 9.17) is 0 Å². The summed E-state index contributed by atoms with van der Waals surface area (Å²) in [5, 5.41) is 2.61. The molecule has 0 spiro atoms. The minimum Gasteiger partial charge on any atom is -0.355 e. The predicted octanol–water partition coefficient (Wildman–Crippen LogP) is 2.13. The fraction of sp³-hybridized carbons (Fsp3) is 0.364. The number of rotatable bonds is 10. The molecule has 0 radical (unpaired) electrons. The Hall–Kier alpha value is -3.05. The highest BCUT2D eigenvalue weighted by Crippen LogP contribution is 2.21. The van der Waals surface area contributed by atoms with Gasteiger partial charge in [-0.2, -0.15) is 12.7 Å². The van der Waals surface area contributed by atoms with Crippen LogP contribution < -0.4 is 9.62 Å². The summed E-state index contributed by atoms with van der Waals surface area (Å²) in [7, 11) is -1.56. The second-order valence-corrected chi connectivity index (χ2v) is 9.52. The number of benzene rings is 2. The van der Waals surface area contributed by atoms with Crippen LogP contribution in [0.2, 0.25) is 0 Å². The highest BCUT2D eigenvalue weighted by atomic mass is 32.2. The maximum absolute atomic E-state index is 14.3. The van der Waals surface area contributed by atoms with E-state index in [2.05, 4.69) is 5.32 Å². The first-order chi connectivity index (χ1) is 15.5. The molecule has 2 aromatic carbocycles. The Labute approximate surface area is 193 Å². The molecule has 0 fully saturated rings. The van der Waals surface area contributed by atoms with Crippen molar-refractivity contribution in [2.45, 2.75) is 26.4 Å². The van der Waals surface area contributed by atoms with E-state index in [0.29, 0.717) is 6.54 Å². The number of hydrogen-bond acceptors (Lipinski definition) is 4. The fourth-order valence-corrected chi connectivity index (χ4v) is 4.09. The number of anilines is 1. The summed E-state index contributed by atoms with van der Waals surface area (Å²) in [5.41, 5.74) is 0.237. The van der Waals surface area contributed by atoms with Crippen LogP contribution in [0.25, 0.3) is 0 Å². The van der Waals surface area contributed by atoms with E-state index in [9.17, 15) is 26.8 Å². The first kappa shape index (κ1) is 26.2. The third-order valence-corrected chi connectivity index (χ3v) is 6.77. The molecular formula is C22H28F2N4O4S. The zero-order chi connectivity index (χ0) is 24.8. The van der Waals surface area contributed by atoms with E-state index in [0.717, 1.165) is 25.6 Å². The third-order valence-electron chi connectivity index (χ3n) is 4.95. The van der Waals surface area contributed by atoms with Gasteiger partial charge in [-0.15, -0.1) is 0 Å². The normalized spacial score (nSPS) is 12.3. The van der Waals surface area contributed by atoms with Crippen LogP contribution in [0.5, 0.6) is 0 Å². The molecule has 0 saturated heterocycles. The van der Waals surface area contributed by atoms with E-state index in [-0.39, 0.29) is 17.8 Å². The van der Waals surface area contributed by atoms with Crippen molar-refractivity contribution < 1.29 is 26.8 Å². The van der Waals surface area contributed by atoms with Crippen molar-refractivity contribution in [2.75, 3.05) is 31.5 Å². The predicted molar refractivity (Wildman–Crippen MR) is 121 cm³/mol. The second-order valence-electron chi connectivity index (χ2n) is 7.46. The van der Waals surface area contributed by atoms with Crippen LogP contribution in [-0.2, 0) is 26.3 Å². The quantitative estimate of drug-likeness (QED) is 0.562. The lowest BCUT2D eigenvalue weighted by Gasteiger charge is -2.32. The summed E-state index contributed by atoms with van der Waals surface area (Å²) in [5.74, 6) is -2.33. The lowest BCUT2D eigenvalue weighted by atomic mass is 10.1. The Morgan fingerprint density at radius 1 is 1.03 bits per heavy atom. The number of carbonyl (C=O) groups is 2. The lowest BCUT2D eigenvalue weighted by molar-refractivity contribution is -0.139. The molecular weight excluding hydrogens is 454 g/mol. The SMILES string of the molecule is CCNC(=O)C(C)N(Cc1ccccc1F)C(=O)CN(c1ccc(F)cc1)S(=O)(=O)N(C)C. The Morgan fingerprint density at radius 3 is 2.18 bits per heavy atom. The van der Waals surface area contributed by atoms with Gasteiger partial charge >= 0.3 is 10.2 Å². The molecule has 2 amide bonds. The Kier molecular flexibility index (Phi) is 8.89. The van der Waals surface area contributed by atoms with Gasteiger partial charge < -0.3 is 10.2 Å².